The van der Waals surface area contributed by atoms with Crippen LogP contribution in [0.1, 0.15) is 45.1 Å². The van der Waals surface area contributed by atoms with Gasteiger partial charge in [-0.2, -0.15) is 0 Å². The minimum atomic E-state index is -0.581. The number of amidine groups is 1. The Morgan fingerprint density at radius 3 is 1.59 bits per heavy atom. The number of benzene rings is 10. The molecule has 0 bridgehead atoms. The van der Waals surface area contributed by atoms with Crippen LogP contribution in [0, 0.1) is 0 Å². The predicted molar refractivity (Wildman–Crippen MR) is 282 cm³/mol. The smallest absolute Gasteiger partial charge is 0.167 e. The number of fused-ring (bicyclic) bond motifs is 9. The molecule has 2 aliphatic rings. The van der Waals surface area contributed by atoms with Crippen molar-refractivity contribution in [3.8, 4) is 44.5 Å². The summed E-state index contributed by atoms with van der Waals surface area (Å²) in [6.07, 6.45) is 1.32. The Labute approximate surface area is 397 Å². The van der Waals surface area contributed by atoms with Gasteiger partial charge in [-0.05, 0) is 114 Å². The molecule has 0 radical (unpaired) electrons. The van der Waals surface area contributed by atoms with Gasteiger partial charge in [0.25, 0.3) is 0 Å². The Hall–Kier alpha value is -8.86. The highest BCUT2D eigenvalue weighted by Gasteiger charge is 2.51. The second kappa shape index (κ2) is 17.2. The monoisotopic (exact) mass is 870 g/mol. The van der Waals surface area contributed by atoms with E-state index in [9.17, 15) is 0 Å². The first-order valence-corrected chi connectivity index (χ1v) is 23.2. The van der Waals surface area contributed by atoms with Crippen LogP contribution in [0.2, 0.25) is 0 Å². The van der Waals surface area contributed by atoms with Crippen molar-refractivity contribution >= 4 is 29.1 Å². The van der Waals surface area contributed by atoms with E-state index in [-0.39, 0.29) is 0 Å². The van der Waals surface area contributed by atoms with Crippen molar-refractivity contribution in [3.05, 3.63) is 294 Å². The van der Waals surface area contributed by atoms with E-state index in [1.807, 2.05) is 42.6 Å². The first kappa shape index (κ1) is 40.6. The maximum absolute atomic E-state index is 6.73. The minimum absolute atomic E-state index is 0.435. The number of nitrogens with two attached hydrogens (primary N) is 1. The van der Waals surface area contributed by atoms with E-state index >= 15 is 0 Å². The second-order valence-corrected chi connectivity index (χ2v) is 17.5. The molecule has 1 aliphatic heterocycles. The third-order valence-corrected chi connectivity index (χ3v) is 13.6. The first-order valence-electron chi connectivity index (χ1n) is 23.2. The van der Waals surface area contributed by atoms with E-state index in [1.165, 1.54) is 50.3 Å². The zero-order valence-electron chi connectivity index (χ0n) is 37.3. The number of nitrogens with zero attached hydrogens (tertiary/aromatic N) is 3. The largest absolute Gasteiger partial charge is 0.383 e. The fraction of sp³-hybridized carbons (Fsp3) is 0.0312. The highest BCUT2D eigenvalue weighted by Crippen LogP contribution is 2.63. The topological polar surface area (TPSA) is 54.0 Å². The molecule has 322 valence electrons. The van der Waals surface area contributed by atoms with Gasteiger partial charge in [0, 0.05) is 17.5 Å². The second-order valence-electron chi connectivity index (χ2n) is 17.5. The number of aliphatic imine (C=N–C) groups is 2. The van der Waals surface area contributed by atoms with Crippen molar-refractivity contribution in [2.24, 2.45) is 15.7 Å². The lowest BCUT2D eigenvalue weighted by Gasteiger charge is -2.45. The standard InChI is InChI=1S/C64H46N4/c65-62(47-21-6-2-7-22-47)67-63(66-43-44-35-37-46(38-36-44)45-19-4-1-5-20-45)50-24-18-23-48(41-50)52-27-10-11-28-53(52)49-39-40-57-55(42-49)54-29-12-13-30-56(54)64(57)58-31-14-16-33-60(58)68(51-25-8-3-9-26-51)61-34-17-15-32-59(61)64/h1-43,63H,(H2,65,67). The molecule has 1 spiro atoms. The van der Waals surface area contributed by atoms with Crippen LogP contribution in [0.4, 0.5) is 17.1 Å². The van der Waals surface area contributed by atoms with Gasteiger partial charge in [0.15, 0.2) is 6.17 Å². The van der Waals surface area contributed by atoms with Gasteiger partial charge in [0.2, 0.25) is 0 Å². The molecule has 10 aromatic carbocycles. The molecule has 68 heavy (non-hydrogen) atoms. The van der Waals surface area contributed by atoms with Crippen LogP contribution >= 0.6 is 0 Å². The van der Waals surface area contributed by atoms with Crippen LogP contribution in [-0.2, 0) is 5.41 Å². The lowest BCUT2D eigenvalue weighted by Crippen LogP contribution is -2.36. The molecule has 10 aromatic rings. The molecule has 2 N–H and O–H groups in total. The molecule has 1 aliphatic carbocycles. The van der Waals surface area contributed by atoms with Gasteiger partial charge in [-0.3, -0.25) is 4.99 Å². The molecule has 4 heteroatoms. The number of rotatable bonds is 9. The molecule has 0 fully saturated rings. The van der Waals surface area contributed by atoms with Gasteiger partial charge >= 0.3 is 0 Å². The fourth-order valence-electron chi connectivity index (χ4n) is 10.5. The van der Waals surface area contributed by atoms with Crippen LogP contribution in [0.3, 0.4) is 0 Å². The van der Waals surface area contributed by atoms with Crippen molar-refractivity contribution in [2.75, 3.05) is 4.90 Å². The first-order chi connectivity index (χ1) is 33.6. The summed E-state index contributed by atoms with van der Waals surface area (Å²) in [7, 11) is 0. The van der Waals surface area contributed by atoms with Crippen molar-refractivity contribution < 1.29 is 0 Å². The number of hydrogen-bond acceptors (Lipinski definition) is 3. The number of hydrogen-bond donors (Lipinski definition) is 1. The maximum atomic E-state index is 6.73. The van der Waals surface area contributed by atoms with Gasteiger partial charge in [-0.25, -0.2) is 4.99 Å². The average Bonchev–Trinajstić information content (AvgIpc) is 3.70. The van der Waals surface area contributed by atoms with E-state index in [1.54, 1.807) is 0 Å². The summed E-state index contributed by atoms with van der Waals surface area (Å²) in [5, 5.41) is 0. The van der Waals surface area contributed by atoms with Gasteiger partial charge in [0.05, 0.1) is 16.8 Å². The van der Waals surface area contributed by atoms with E-state index < -0.39 is 11.6 Å². The van der Waals surface area contributed by atoms with Crippen LogP contribution < -0.4 is 10.6 Å². The van der Waals surface area contributed by atoms with Crippen molar-refractivity contribution in [1.29, 1.82) is 0 Å². The lowest BCUT2D eigenvalue weighted by molar-refractivity contribution is 0.753. The Morgan fingerprint density at radius 2 is 0.912 bits per heavy atom. The summed E-state index contributed by atoms with van der Waals surface area (Å²) < 4.78 is 0. The number of anilines is 3. The fourth-order valence-corrected chi connectivity index (χ4v) is 10.5. The van der Waals surface area contributed by atoms with Crippen LogP contribution in [0.25, 0.3) is 44.5 Å². The highest BCUT2D eigenvalue weighted by atomic mass is 15.2. The zero-order chi connectivity index (χ0) is 45.4. The van der Waals surface area contributed by atoms with Crippen molar-refractivity contribution in [2.45, 2.75) is 11.6 Å². The molecule has 1 atom stereocenters. The minimum Gasteiger partial charge on any atom is -0.383 e. The Balaban J connectivity index is 0.954. The van der Waals surface area contributed by atoms with E-state index in [2.05, 4.69) is 223 Å². The molecule has 12 rings (SSSR count). The van der Waals surface area contributed by atoms with Gasteiger partial charge in [-0.15, -0.1) is 0 Å². The molecule has 0 saturated carbocycles. The third-order valence-electron chi connectivity index (χ3n) is 13.6. The molecule has 1 unspecified atom stereocenters. The van der Waals surface area contributed by atoms with Crippen molar-refractivity contribution in [3.63, 3.8) is 0 Å². The zero-order valence-corrected chi connectivity index (χ0v) is 37.3. The van der Waals surface area contributed by atoms with E-state index in [0.29, 0.717) is 5.84 Å². The number of para-hydroxylation sites is 3. The summed E-state index contributed by atoms with van der Waals surface area (Å²) >= 11 is 0. The summed E-state index contributed by atoms with van der Waals surface area (Å²) in [6.45, 7) is 0. The molecule has 1 heterocycles. The van der Waals surface area contributed by atoms with Gasteiger partial charge < -0.3 is 10.6 Å². The van der Waals surface area contributed by atoms with Gasteiger partial charge in [0.1, 0.15) is 5.84 Å². The maximum Gasteiger partial charge on any atom is 0.167 e. The molecule has 0 saturated heterocycles. The molecule has 4 nitrogen and oxygen atoms in total. The van der Waals surface area contributed by atoms with Crippen LogP contribution in [0.15, 0.2) is 265 Å². The SMILES string of the molecule is NC(=NC(N=Cc1ccc(-c2ccccc2)cc1)c1cccc(-c2ccccc2-c2ccc3c(c2)-c2ccccc2C32c3ccccc3N(c3ccccc3)c3ccccc32)c1)c1ccccc1. The van der Waals surface area contributed by atoms with Gasteiger partial charge in [-0.1, -0.05) is 218 Å². The Morgan fingerprint density at radius 1 is 0.412 bits per heavy atom. The Kier molecular flexibility index (Phi) is 10.3. The van der Waals surface area contributed by atoms with E-state index in [0.717, 1.165) is 50.2 Å². The van der Waals surface area contributed by atoms with Crippen molar-refractivity contribution in [1.82, 2.24) is 0 Å². The Bertz CT molecular complexity index is 3470. The third kappa shape index (κ3) is 6.94. The highest BCUT2D eigenvalue weighted by molar-refractivity contribution is 5.99. The summed E-state index contributed by atoms with van der Waals surface area (Å²) in [6, 6.07) is 90.9. The molecular weight excluding hydrogens is 825 g/mol. The predicted octanol–water partition coefficient (Wildman–Crippen LogP) is 15.4. The molecule has 0 amide bonds. The quantitative estimate of drug-likeness (QED) is 0.116. The summed E-state index contributed by atoms with van der Waals surface area (Å²) in [4.78, 5) is 12.6. The summed E-state index contributed by atoms with van der Waals surface area (Å²) in [5.74, 6) is 0.435. The van der Waals surface area contributed by atoms with Crippen LogP contribution in [0.5, 0.6) is 0 Å². The normalized spacial score (nSPS) is 13.7. The van der Waals surface area contributed by atoms with Crippen LogP contribution in [-0.4, -0.2) is 12.1 Å². The molecule has 0 aromatic heterocycles. The molecular formula is C64H46N4. The lowest BCUT2D eigenvalue weighted by atomic mass is 9.64. The summed E-state index contributed by atoms with van der Waals surface area (Å²) in [5.41, 5.74) is 27.0. The average molecular weight is 871 g/mol. The van der Waals surface area contributed by atoms with E-state index in [4.69, 9.17) is 15.7 Å².